The molecule has 7 nitrogen and oxygen atoms in total. The maximum absolute atomic E-state index is 13.7. The van der Waals surface area contributed by atoms with E-state index in [1.165, 1.54) is 11.0 Å². The van der Waals surface area contributed by atoms with Gasteiger partial charge in [-0.2, -0.15) is 0 Å². The van der Waals surface area contributed by atoms with Crippen molar-refractivity contribution in [1.82, 2.24) is 10.2 Å². The van der Waals surface area contributed by atoms with Crippen LogP contribution in [0.5, 0.6) is 0 Å². The minimum atomic E-state index is -3.85. The van der Waals surface area contributed by atoms with Gasteiger partial charge in [0.15, 0.2) is 0 Å². The minimum Gasteiger partial charge on any atom is -0.352 e. The van der Waals surface area contributed by atoms with Gasteiger partial charge in [-0.3, -0.25) is 13.9 Å². The van der Waals surface area contributed by atoms with E-state index in [0.29, 0.717) is 31.9 Å². The Hall–Kier alpha value is -2.00. The number of benzene rings is 2. The van der Waals surface area contributed by atoms with Crippen LogP contribution in [0.1, 0.15) is 43.7 Å². The number of rotatable bonds is 9. The molecule has 1 aliphatic rings. The van der Waals surface area contributed by atoms with Gasteiger partial charge < -0.3 is 10.2 Å². The number of amides is 2. The van der Waals surface area contributed by atoms with Gasteiger partial charge in [0.2, 0.25) is 21.8 Å². The maximum atomic E-state index is 13.7. The van der Waals surface area contributed by atoms with Crippen LogP contribution in [-0.2, 0) is 26.2 Å². The van der Waals surface area contributed by atoms with Crippen LogP contribution in [0.4, 0.5) is 5.69 Å². The van der Waals surface area contributed by atoms with Crippen LogP contribution in [0.15, 0.2) is 36.4 Å². The first kappa shape index (κ1) is 28.6. The second-order valence-corrected chi connectivity index (χ2v) is 12.3. The van der Waals surface area contributed by atoms with Gasteiger partial charge >= 0.3 is 0 Å². The van der Waals surface area contributed by atoms with E-state index in [0.717, 1.165) is 36.2 Å². The van der Waals surface area contributed by atoms with E-state index < -0.39 is 28.5 Å². The maximum Gasteiger partial charge on any atom is 0.244 e. The van der Waals surface area contributed by atoms with Crippen molar-refractivity contribution < 1.29 is 18.0 Å². The monoisotopic (exact) mass is 573 g/mol. The average Bonchev–Trinajstić information content (AvgIpc) is 3.31. The summed E-state index contributed by atoms with van der Waals surface area (Å²) in [4.78, 5) is 28.1. The summed E-state index contributed by atoms with van der Waals surface area (Å²) in [5, 5.41) is 4.05. The molecular formula is C25H30Cl3N3O4S. The molecule has 1 saturated carbocycles. The summed E-state index contributed by atoms with van der Waals surface area (Å²) < 4.78 is 26.5. The van der Waals surface area contributed by atoms with Crippen molar-refractivity contribution in [1.29, 1.82) is 0 Å². The van der Waals surface area contributed by atoms with E-state index in [2.05, 4.69) is 5.32 Å². The molecule has 2 aromatic carbocycles. The Morgan fingerprint density at radius 3 is 2.33 bits per heavy atom. The van der Waals surface area contributed by atoms with Crippen molar-refractivity contribution in [2.24, 2.45) is 0 Å². The van der Waals surface area contributed by atoms with Crippen molar-refractivity contribution in [2.75, 3.05) is 17.1 Å². The highest BCUT2D eigenvalue weighted by Crippen LogP contribution is 2.28. The number of hydrogen-bond acceptors (Lipinski definition) is 4. The molecule has 1 N–H and O–H groups in total. The van der Waals surface area contributed by atoms with Crippen LogP contribution in [0.2, 0.25) is 15.1 Å². The summed E-state index contributed by atoms with van der Waals surface area (Å²) in [5.74, 6) is -0.833. The van der Waals surface area contributed by atoms with E-state index in [1.54, 1.807) is 44.2 Å². The number of sulfonamides is 1. The summed E-state index contributed by atoms with van der Waals surface area (Å²) in [6.07, 6.45) is 4.92. The molecule has 11 heteroatoms. The third-order valence-electron chi connectivity index (χ3n) is 6.32. The van der Waals surface area contributed by atoms with Crippen molar-refractivity contribution in [2.45, 2.75) is 58.2 Å². The van der Waals surface area contributed by atoms with Crippen LogP contribution in [0.25, 0.3) is 0 Å². The molecule has 1 aliphatic carbocycles. The van der Waals surface area contributed by atoms with E-state index in [9.17, 15) is 18.0 Å². The molecule has 0 spiro atoms. The molecule has 196 valence electrons. The van der Waals surface area contributed by atoms with E-state index in [4.69, 9.17) is 34.8 Å². The van der Waals surface area contributed by atoms with Crippen LogP contribution in [-0.4, -0.2) is 50.0 Å². The second kappa shape index (κ2) is 12.0. The second-order valence-electron chi connectivity index (χ2n) is 9.14. The number of hydrogen-bond donors (Lipinski definition) is 1. The summed E-state index contributed by atoms with van der Waals surface area (Å²) in [6.45, 7) is 2.91. The van der Waals surface area contributed by atoms with Crippen molar-refractivity contribution in [3.05, 3.63) is 62.6 Å². The van der Waals surface area contributed by atoms with Gasteiger partial charge in [-0.25, -0.2) is 8.42 Å². The first-order chi connectivity index (χ1) is 16.9. The quantitative estimate of drug-likeness (QED) is 0.446. The lowest BCUT2D eigenvalue weighted by Crippen LogP contribution is -2.52. The summed E-state index contributed by atoms with van der Waals surface area (Å²) in [5.41, 5.74) is 1.60. The van der Waals surface area contributed by atoms with E-state index in [1.807, 2.05) is 0 Å². The highest BCUT2D eigenvalue weighted by molar-refractivity contribution is 7.92. The van der Waals surface area contributed by atoms with Crippen molar-refractivity contribution >= 4 is 62.3 Å². The number of carbonyl (C=O) groups is 2. The molecule has 0 radical (unpaired) electrons. The predicted octanol–water partition coefficient (Wildman–Crippen LogP) is 5.20. The predicted molar refractivity (Wildman–Crippen MR) is 145 cm³/mol. The van der Waals surface area contributed by atoms with Gasteiger partial charge in [0.05, 0.1) is 22.0 Å². The Labute approximate surface area is 227 Å². The zero-order valence-electron chi connectivity index (χ0n) is 20.4. The molecule has 0 aromatic heterocycles. The Morgan fingerprint density at radius 2 is 1.72 bits per heavy atom. The first-order valence-electron chi connectivity index (χ1n) is 11.6. The van der Waals surface area contributed by atoms with Gasteiger partial charge in [0.25, 0.3) is 0 Å². The van der Waals surface area contributed by atoms with Crippen molar-refractivity contribution in [3.8, 4) is 0 Å². The standard InChI is InChI=1S/C25H30Cl3N3O4S/c1-16-8-10-19(26)13-23(16)31(36(3,34)35)15-24(32)30(14-18-9-11-21(27)22(28)12-18)17(2)25(33)29-20-6-4-5-7-20/h8-13,17,20H,4-7,14-15H2,1-3H3,(H,29,33). The van der Waals surface area contributed by atoms with Gasteiger partial charge in [0.1, 0.15) is 12.6 Å². The molecular weight excluding hydrogens is 545 g/mol. The highest BCUT2D eigenvalue weighted by Gasteiger charge is 2.32. The van der Waals surface area contributed by atoms with Crippen LogP contribution >= 0.6 is 34.8 Å². The summed E-state index contributed by atoms with van der Waals surface area (Å²) in [6, 6.07) is 9.01. The Bertz CT molecular complexity index is 1230. The molecule has 36 heavy (non-hydrogen) atoms. The number of halogens is 3. The lowest BCUT2D eigenvalue weighted by molar-refractivity contribution is -0.139. The zero-order chi connectivity index (χ0) is 26.6. The highest BCUT2D eigenvalue weighted by atomic mass is 35.5. The largest absolute Gasteiger partial charge is 0.352 e. The number of carbonyl (C=O) groups excluding carboxylic acids is 2. The molecule has 2 amide bonds. The topological polar surface area (TPSA) is 86.8 Å². The molecule has 3 rings (SSSR count). The Kier molecular flexibility index (Phi) is 9.55. The molecule has 0 aliphatic heterocycles. The Morgan fingerprint density at radius 1 is 1.06 bits per heavy atom. The van der Waals surface area contributed by atoms with Gasteiger partial charge in [-0.15, -0.1) is 0 Å². The first-order valence-corrected chi connectivity index (χ1v) is 14.6. The van der Waals surface area contributed by atoms with Gasteiger partial charge in [-0.1, -0.05) is 59.8 Å². The number of nitrogens with zero attached hydrogens (tertiary/aromatic N) is 2. The van der Waals surface area contributed by atoms with Gasteiger partial charge in [-0.05, 0) is 62.1 Å². The minimum absolute atomic E-state index is 0.0428. The van der Waals surface area contributed by atoms with Crippen LogP contribution in [0.3, 0.4) is 0 Å². The number of anilines is 1. The summed E-state index contributed by atoms with van der Waals surface area (Å²) in [7, 11) is -3.85. The normalized spacial score (nSPS) is 14.9. The number of aryl methyl sites for hydroxylation is 1. The molecule has 1 unspecified atom stereocenters. The van der Waals surface area contributed by atoms with Crippen molar-refractivity contribution in [3.63, 3.8) is 0 Å². The summed E-state index contributed by atoms with van der Waals surface area (Å²) >= 11 is 18.3. The third-order valence-corrected chi connectivity index (χ3v) is 8.43. The van der Waals surface area contributed by atoms with E-state index in [-0.39, 0.29) is 18.5 Å². The molecule has 2 aromatic rings. The molecule has 0 heterocycles. The molecule has 1 fully saturated rings. The average molecular weight is 575 g/mol. The number of nitrogens with one attached hydrogen (secondary N) is 1. The lowest BCUT2D eigenvalue weighted by Gasteiger charge is -2.32. The Balaban J connectivity index is 1.93. The third kappa shape index (κ3) is 7.28. The van der Waals surface area contributed by atoms with Crippen LogP contribution in [0, 0.1) is 6.92 Å². The fourth-order valence-electron chi connectivity index (χ4n) is 4.26. The zero-order valence-corrected chi connectivity index (χ0v) is 23.5. The fourth-order valence-corrected chi connectivity index (χ4v) is 5.64. The SMILES string of the molecule is Cc1ccc(Cl)cc1N(CC(=O)N(Cc1ccc(Cl)c(Cl)c1)C(C)C(=O)NC1CCCC1)S(C)(=O)=O. The molecule has 0 saturated heterocycles. The van der Waals surface area contributed by atoms with Gasteiger partial charge in [0, 0.05) is 17.6 Å². The molecule has 0 bridgehead atoms. The lowest BCUT2D eigenvalue weighted by atomic mass is 10.1. The smallest absolute Gasteiger partial charge is 0.244 e. The van der Waals surface area contributed by atoms with Crippen LogP contribution < -0.4 is 9.62 Å². The molecule has 1 atom stereocenters. The fraction of sp³-hybridized carbons (Fsp3) is 0.440. The van der Waals surface area contributed by atoms with E-state index >= 15 is 0 Å².